The van der Waals surface area contributed by atoms with Crippen molar-refractivity contribution in [1.29, 1.82) is 0 Å². The van der Waals surface area contributed by atoms with Crippen LogP contribution in [0.2, 0.25) is 0 Å². The molecule has 0 spiro atoms. The fraction of sp³-hybridized carbons (Fsp3) is 0.875. The van der Waals surface area contributed by atoms with Gasteiger partial charge in [0.25, 0.3) is 0 Å². The van der Waals surface area contributed by atoms with Crippen molar-refractivity contribution in [2.75, 3.05) is 0 Å². The summed E-state index contributed by atoms with van der Waals surface area (Å²) in [4.78, 5) is 38.3. The summed E-state index contributed by atoms with van der Waals surface area (Å²) >= 11 is 0. The minimum absolute atomic E-state index is 0.00918. The first-order chi connectivity index (χ1) is 21.5. The van der Waals surface area contributed by atoms with E-state index >= 15 is 0 Å². The number of carboxylic acids is 2. The molecule has 0 aromatic rings. The molecule has 5 fully saturated rings. The number of fused-ring (bicyclic) bond motifs is 7. The highest BCUT2D eigenvalue weighted by Gasteiger charge is 2.69. The second kappa shape index (κ2) is 11.4. The van der Waals surface area contributed by atoms with Gasteiger partial charge in [-0.05, 0) is 122 Å². The highest BCUT2D eigenvalue weighted by molar-refractivity contribution is 5.77. The minimum Gasteiger partial charge on any atom is -0.481 e. The van der Waals surface area contributed by atoms with E-state index in [4.69, 9.17) is 4.74 Å². The van der Waals surface area contributed by atoms with Crippen molar-refractivity contribution in [3.05, 3.63) is 11.6 Å². The lowest BCUT2D eigenvalue weighted by Gasteiger charge is -2.71. The van der Waals surface area contributed by atoms with Crippen LogP contribution in [-0.4, -0.2) is 34.2 Å². The second-order valence-corrected chi connectivity index (χ2v) is 18.8. The standard InChI is InChI=1S/C40H62O6/c1-25-13-20-40(34(44)45)22-21-37(6)27(33(40)26(25)2)11-12-29-36(5)18-15-30(35(3,4)28(36)14-19-38(29,37)7)46-32(43)24-39(23-31(41)42)16-9-8-10-17-39/h11,25-26,28-30,33H,8-10,12-24H2,1-7H3,(H,41,42)(H,44,45)/t25-,26+,28+,29-,30+,33+,36+,37-,38-,40+/m1/s1. The van der Waals surface area contributed by atoms with Gasteiger partial charge in [-0.25, -0.2) is 0 Å². The number of carbonyl (C=O) groups is 3. The van der Waals surface area contributed by atoms with Crippen molar-refractivity contribution in [1.82, 2.24) is 0 Å². The highest BCUT2D eigenvalue weighted by Crippen LogP contribution is 2.76. The molecule has 0 saturated heterocycles. The van der Waals surface area contributed by atoms with Crippen molar-refractivity contribution >= 4 is 17.9 Å². The van der Waals surface area contributed by atoms with Gasteiger partial charge in [0, 0.05) is 5.41 Å². The molecule has 10 atom stereocenters. The first kappa shape index (κ1) is 34.0. The van der Waals surface area contributed by atoms with E-state index in [0.717, 1.165) is 89.9 Å². The number of esters is 1. The second-order valence-electron chi connectivity index (χ2n) is 18.8. The Labute approximate surface area is 277 Å². The van der Waals surface area contributed by atoms with Crippen LogP contribution in [0.3, 0.4) is 0 Å². The fourth-order valence-corrected chi connectivity index (χ4v) is 13.6. The SMILES string of the molecule is C[C@H]1[C@H](C)CC[C@]2(C(=O)O)CC[C@]3(C)C(=CC[C@@H]4[C@@]5(C)CC[C@H](OC(=O)CC6(CC(=O)O)CCCCC6)C(C)(C)[C@@H]5CC[C@]43C)[C@H]12. The summed E-state index contributed by atoms with van der Waals surface area (Å²) in [6, 6.07) is 0. The zero-order chi connectivity index (χ0) is 33.5. The first-order valence-corrected chi connectivity index (χ1v) is 18.8. The zero-order valence-electron chi connectivity index (χ0n) is 29.9. The molecule has 6 aliphatic rings. The molecule has 0 aromatic heterocycles. The van der Waals surface area contributed by atoms with Gasteiger partial charge in [-0.1, -0.05) is 79.4 Å². The lowest BCUT2D eigenvalue weighted by atomic mass is 9.33. The van der Waals surface area contributed by atoms with Crippen LogP contribution in [-0.2, 0) is 19.1 Å². The number of aliphatic carboxylic acids is 2. The summed E-state index contributed by atoms with van der Waals surface area (Å²) in [6.45, 7) is 16.9. The molecule has 2 N–H and O–H groups in total. The number of hydrogen-bond donors (Lipinski definition) is 2. The third kappa shape index (κ3) is 4.86. The summed E-state index contributed by atoms with van der Waals surface area (Å²) in [5, 5.41) is 20.3. The third-order valence-corrected chi connectivity index (χ3v) is 16.6. The van der Waals surface area contributed by atoms with E-state index in [2.05, 4.69) is 54.5 Å². The van der Waals surface area contributed by atoms with Gasteiger partial charge < -0.3 is 14.9 Å². The molecule has 0 bridgehead atoms. The molecule has 46 heavy (non-hydrogen) atoms. The number of allylic oxidation sites excluding steroid dienone is 2. The monoisotopic (exact) mass is 638 g/mol. The smallest absolute Gasteiger partial charge is 0.310 e. The van der Waals surface area contributed by atoms with Crippen molar-refractivity contribution in [2.45, 2.75) is 157 Å². The maximum atomic E-state index is 13.5. The van der Waals surface area contributed by atoms with E-state index < -0.39 is 22.8 Å². The topological polar surface area (TPSA) is 101 Å². The molecule has 6 aliphatic carbocycles. The number of carbonyl (C=O) groups excluding carboxylic acids is 1. The number of carboxylic acid groups (broad SMARTS) is 2. The van der Waals surface area contributed by atoms with Crippen LogP contribution < -0.4 is 0 Å². The molecule has 6 heteroatoms. The lowest BCUT2D eigenvalue weighted by molar-refractivity contribution is -0.215. The van der Waals surface area contributed by atoms with Gasteiger partial charge in [0.2, 0.25) is 0 Å². The average molecular weight is 639 g/mol. The van der Waals surface area contributed by atoms with E-state index in [1.165, 1.54) is 5.57 Å². The fourth-order valence-electron chi connectivity index (χ4n) is 13.6. The summed E-state index contributed by atoms with van der Waals surface area (Å²) in [7, 11) is 0. The number of rotatable bonds is 6. The quantitative estimate of drug-likeness (QED) is 0.222. The Bertz CT molecular complexity index is 1280. The summed E-state index contributed by atoms with van der Waals surface area (Å²) in [6.07, 6.45) is 16.0. The van der Waals surface area contributed by atoms with Gasteiger partial charge >= 0.3 is 17.9 Å². The Morgan fingerprint density at radius 3 is 2.15 bits per heavy atom. The van der Waals surface area contributed by atoms with E-state index in [9.17, 15) is 24.6 Å². The maximum absolute atomic E-state index is 13.5. The average Bonchev–Trinajstić information content (AvgIpc) is 2.96. The van der Waals surface area contributed by atoms with Gasteiger partial charge in [-0.2, -0.15) is 0 Å². The molecule has 5 saturated carbocycles. The third-order valence-electron chi connectivity index (χ3n) is 16.6. The van der Waals surface area contributed by atoms with Crippen molar-refractivity contribution < 1.29 is 29.3 Å². The van der Waals surface area contributed by atoms with Gasteiger partial charge in [-0.3, -0.25) is 14.4 Å². The van der Waals surface area contributed by atoms with E-state index in [0.29, 0.717) is 23.7 Å². The van der Waals surface area contributed by atoms with E-state index in [1.807, 2.05) is 0 Å². The van der Waals surface area contributed by atoms with E-state index in [-0.39, 0.29) is 52.5 Å². The van der Waals surface area contributed by atoms with Crippen LogP contribution in [0, 0.1) is 62.1 Å². The molecule has 0 amide bonds. The largest absolute Gasteiger partial charge is 0.481 e. The predicted octanol–water partition coefficient (Wildman–Crippen LogP) is 9.46. The molecular formula is C40H62O6. The number of ether oxygens (including phenoxy) is 1. The molecule has 6 nitrogen and oxygen atoms in total. The summed E-state index contributed by atoms with van der Waals surface area (Å²) in [5.74, 6) is 0.351. The molecule has 0 unspecified atom stereocenters. The molecular weight excluding hydrogens is 576 g/mol. The Kier molecular flexibility index (Phi) is 8.40. The Balaban J connectivity index is 1.25. The minimum atomic E-state index is -0.814. The Morgan fingerprint density at radius 2 is 1.50 bits per heavy atom. The lowest BCUT2D eigenvalue weighted by Crippen LogP contribution is -2.65. The van der Waals surface area contributed by atoms with Crippen LogP contribution in [0.15, 0.2) is 11.6 Å². The Hall–Kier alpha value is -1.85. The van der Waals surface area contributed by atoms with Crippen LogP contribution in [0.1, 0.15) is 151 Å². The highest BCUT2D eigenvalue weighted by atomic mass is 16.5. The zero-order valence-corrected chi connectivity index (χ0v) is 29.9. The Morgan fingerprint density at radius 1 is 0.804 bits per heavy atom. The van der Waals surface area contributed by atoms with Crippen molar-refractivity contribution in [2.24, 2.45) is 62.1 Å². The van der Waals surface area contributed by atoms with Gasteiger partial charge in [0.05, 0.1) is 18.3 Å². The molecule has 0 radical (unpaired) electrons. The van der Waals surface area contributed by atoms with Crippen LogP contribution >= 0.6 is 0 Å². The summed E-state index contributed by atoms with van der Waals surface area (Å²) in [5.41, 5.74) is 0.397. The molecule has 258 valence electrons. The molecule has 6 rings (SSSR count). The van der Waals surface area contributed by atoms with Crippen LogP contribution in [0.25, 0.3) is 0 Å². The summed E-state index contributed by atoms with van der Waals surface area (Å²) < 4.78 is 6.39. The van der Waals surface area contributed by atoms with Gasteiger partial charge in [-0.15, -0.1) is 0 Å². The molecule has 0 heterocycles. The van der Waals surface area contributed by atoms with E-state index in [1.54, 1.807) is 0 Å². The number of hydrogen-bond acceptors (Lipinski definition) is 4. The predicted molar refractivity (Wildman–Crippen MR) is 179 cm³/mol. The molecule has 0 aliphatic heterocycles. The maximum Gasteiger partial charge on any atom is 0.310 e. The van der Waals surface area contributed by atoms with Gasteiger partial charge in [0.1, 0.15) is 6.10 Å². The first-order valence-electron chi connectivity index (χ1n) is 18.8. The normalized spacial score (nSPS) is 45.9. The molecule has 0 aromatic carbocycles. The van der Waals surface area contributed by atoms with Crippen molar-refractivity contribution in [3.8, 4) is 0 Å². The van der Waals surface area contributed by atoms with Crippen LogP contribution in [0.4, 0.5) is 0 Å². The van der Waals surface area contributed by atoms with Crippen molar-refractivity contribution in [3.63, 3.8) is 0 Å². The van der Waals surface area contributed by atoms with Crippen LogP contribution in [0.5, 0.6) is 0 Å². The van der Waals surface area contributed by atoms with Gasteiger partial charge in [0.15, 0.2) is 0 Å².